The molecule has 3 aromatic heterocycles. The molecule has 240 valence electrons. The Bertz CT molecular complexity index is 1620. The van der Waals surface area contributed by atoms with Crippen LogP contribution in [0.15, 0.2) is 30.7 Å². The molecule has 0 aromatic carbocycles. The van der Waals surface area contributed by atoms with Crippen LogP contribution in [0.4, 0.5) is 17.6 Å². The minimum atomic E-state index is -2.75. The first-order valence-electron chi connectivity index (χ1n) is 15.4. The van der Waals surface area contributed by atoms with Gasteiger partial charge in [0, 0.05) is 44.3 Å². The fraction of sp³-hybridized carbons (Fsp3) is 0.613. The number of halogens is 4. The van der Waals surface area contributed by atoms with Crippen LogP contribution in [-0.2, 0) is 4.79 Å². The van der Waals surface area contributed by atoms with E-state index in [9.17, 15) is 32.4 Å². The second-order valence-corrected chi connectivity index (χ2v) is 13.3. The summed E-state index contributed by atoms with van der Waals surface area (Å²) in [7, 11) is 0. The predicted octanol–water partition coefficient (Wildman–Crippen LogP) is 5.70. The van der Waals surface area contributed by atoms with Gasteiger partial charge in [0.15, 0.2) is 5.65 Å². The van der Waals surface area contributed by atoms with Gasteiger partial charge >= 0.3 is 0 Å². The summed E-state index contributed by atoms with van der Waals surface area (Å²) in [6.07, 6.45) is 4.96. The van der Waals surface area contributed by atoms with Crippen molar-refractivity contribution in [3.63, 3.8) is 0 Å². The van der Waals surface area contributed by atoms with Crippen LogP contribution < -0.4 is 10.6 Å². The fourth-order valence-electron chi connectivity index (χ4n) is 6.72. The van der Waals surface area contributed by atoms with Crippen LogP contribution in [0, 0.1) is 28.6 Å². The molecule has 45 heavy (non-hydrogen) atoms. The predicted molar refractivity (Wildman–Crippen MR) is 153 cm³/mol. The van der Waals surface area contributed by atoms with Gasteiger partial charge in [-0.2, -0.15) is 15.5 Å². The molecule has 2 atom stereocenters. The molecule has 2 amide bonds. The van der Waals surface area contributed by atoms with Crippen molar-refractivity contribution in [2.45, 2.75) is 102 Å². The standard InChI is InChI=1S/C31H36F4N8O2/c1-18(2)43-23(5-10-37-43)28(45)41-26(20-3-6-30(32,33)7-4-20)22-16-42-24(39-22)12-21(15-38-42)27(29(17-36)8-9-29)40-25(44)11-19-13-31(34,35)14-19/h5,10,12,15-16,18-20,26-27H,3-4,6-9,11,13-14H2,1-2H3,(H,40,44)(H,41,45)/t26-,27+/m0/s1. The normalized spacial score (nSPS) is 21.9. The van der Waals surface area contributed by atoms with Gasteiger partial charge in [0.25, 0.3) is 5.91 Å². The molecule has 14 heteroatoms. The monoisotopic (exact) mass is 628 g/mol. The summed E-state index contributed by atoms with van der Waals surface area (Å²) in [6.45, 7) is 3.80. The molecular weight excluding hydrogens is 592 g/mol. The zero-order valence-electron chi connectivity index (χ0n) is 25.1. The van der Waals surface area contributed by atoms with E-state index in [1.165, 1.54) is 16.9 Å². The molecule has 2 N–H and O–H groups in total. The lowest BCUT2D eigenvalue weighted by Gasteiger charge is -2.35. The van der Waals surface area contributed by atoms with Crippen molar-refractivity contribution < 1.29 is 27.2 Å². The minimum Gasteiger partial charge on any atom is -0.348 e. The average Bonchev–Trinajstić information content (AvgIpc) is 3.39. The number of hydrogen-bond donors (Lipinski definition) is 2. The summed E-state index contributed by atoms with van der Waals surface area (Å²) < 4.78 is 57.9. The molecule has 3 aliphatic rings. The van der Waals surface area contributed by atoms with E-state index < -0.39 is 47.1 Å². The maximum atomic E-state index is 14.1. The second kappa shape index (κ2) is 11.4. The van der Waals surface area contributed by atoms with Gasteiger partial charge in [-0.25, -0.2) is 27.1 Å². The van der Waals surface area contributed by atoms with Crippen molar-refractivity contribution in [3.8, 4) is 6.07 Å². The highest BCUT2D eigenvalue weighted by molar-refractivity contribution is 5.92. The molecule has 10 nitrogen and oxygen atoms in total. The van der Waals surface area contributed by atoms with Crippen LogP contribution in [0.3, 0.4) is 0 Å². The highest BCUT2D eigenvalue weighted by atomic mass is 19.3. The van der Waals surface area contributed by atoms with Gasteiger partial charge < -0.3 is 10.6 Å². The Balaban J connectivity index is 1.27. The van der Waals surface area contributed by atoms with E-state index in [-0.39, 0.29) is 56.9 Å². The maximum Gasteiger partial charge on any atom is 0.270 e. The molecule has 0 saturated heterocycles. The number of hydrogen-bond acceptors (Lipinski definition) is 6. The van der Waals surface area contributed by atoms with Crippen molar-refractivity contribution >= 4 is 17.5 Å². The first-order chi connectivity index (χ1) is 21.3. The van der Waals surface area contributed by atoms with E-state index in [0.717, 1.165) is 0 Å². The lowest BCUT2D eigenvalue weighted by Crippen LogP contribution is -2.40. The van der Waals surface area contributed by atoms with E-state index >= 15 is 0 Å². The van der Waals surface area contributed by atoms with E-state index in [0.29, 0.717) is 35.4 Å². The van der Waals surface area contributed by atoms with Gasteiger partial charge in [-0.1, -0.05) is 0 Å². The Labute approximate surface area is 257 Å². The van der Waals surface area contributed by atoms with Gasteiger partial charge in [0.2, 0.25) is 17.8 Å². The summed E-state index contributed by atoms with van der Waals surface area (Å²) in [4.78, 5) is 31.1. The lowest BCUT2D eigenvalue weighted by atomic mass is 9.79. The van der Waals surface area contributed by atoms with Crippen LogP contribution in [-0.4, -0.2) is 48.0 Å². The third-order valence-electron chi connectivity index (χ3n) is 9.44. The molecule has 6 rings (SSSR count). The molecule has 3 aliphatic carbocycles. The number of carbonyl (C=O) groups is 2. The topological polar surface area (TPSA) is 130 Å². The number of aromatic nitrogens is 5. The number of nitrogens with one attached hydrogen (secondary N) is 2. The smallest absolute Gasteiger partial charge is 0.270 e. The van der Waals surface area contributed by atoms with Gasteiger partial charge in [0.1, 0.15) is 5.69 Å². The Morgan fingerprint density at radius 3 is 2.40 bits per heavy atom. The summed E-state index contributed by atoms with van der Waals surface area (Å²) in [5.74, 6) is -6.98. The molecule has 0 spiro atoms. The molecule has 0 bridgehead atoms. The van der Waals surface area contributed by atoms with Crippen LogP contribution in [0.5, 0.6) is 0 Å². The molecule has 0 aliphatic heterocycles. The Hall–Kier alpha value is -4.02. The number of nitriles is 1. The zero-order valence-corrected chi connectivity index (χ0v) is 25.1. The van der Waals surface area contributed by atoms with E-state index in [1.54, 1.807) is 23.0 Å². The summed E-state index contributed by atoms with van der Waals surface area (Å²) in [6, 6.07) is 4.16. The summed E-state index contributed by atoms with van der Waals surface area (Å²) in [5, 5.41) is 24.6. The largest absolute Gasteiger partial charge is 0.348 e. The molecule has 0 radical (unpaired) electrons. The third kappa shape index (κ3) is 6.39. The lowest BCUT2D eigenvalue weighted by molar-refractivity contribution is -0.134. The molecule has 3 heterocycles. The maximum absolute atomic E-state index is 14.1. The average molecular weight is 629 g/mol. The van der Waals surface area contributed by atoms with Gasteiger partial charge in [0.05, 0.1) is 41.7 Å². The van der Waals surface area contributed by atoms with Crippen molar-refractivity contribution in [1.82, 2.24) is 35.0 Å². The first-order valence-corrected chi connectivity index (χ1v) is 15.4. The highest BCUT2D eigenvalue weighted by Crippen LogP contribution is 2.54. The highest BCUT2D eigenvalue weighted by Gasteiger charge is 2.52. The molecule has 3 saturated carbocycles. The fourth-order valence-corrected chi connectivity index (χ4v) is 6.72. The number of fused-ring (bicyclic) bond motifs is 1. The van der Waals surface area contributed by atoms with E-state index in [4.69, 9.17) is 4.98 Å². The molecule has 0 unspecified atom stereocenters. The van der Waals surface area contributed by atoms with Gasteiger partial charge in [-0.3, -0.25) is 14.3 Å². The second-order valence-electron chi connectivity index (χ2n) is 13.3. The molecule has 3 fully saturated rings. The van der Waals surface area contributed by atoms with Gasteiger partial charge in [-0.15, -0.1) is 0 Å². The van der Waals surface area contributed by atoms with Crippen LogP contribution in [0.2, 0.25) is 0 Å². The van der Waals surface area contributed by atoms with Crippen LogP contribution >= 0.6 is 0 Å². The van der Waals surface area contributed by atoms with Crippen molar-refractivity contribution in [2.24, 2.45) is 17.3 Å². The Kier molecular flexibility index (Phi) is 7.85. The molecular formula is C31H36F4N8O2. The number of alkyl halides is 4. The number of carbonyl (C=O) groups excluding carboxylic acids is 2. The zero-order chi connectivity index (χ0) is 32.1. The van der Waals surface area contributed by atoms with Crippen LogP contribution in [0.1, 0.15) is 112 Å². The van der Waals surface area contributed by atoms with Crippen LogP contribution in [0.25, 0.3) is 5.65 Å². The van der Waals surface area contributed by atoms with E-state index in [2.05, 4.69) is 26.9 Å². The third-order valence-corrected chi connectivity index (χ3v) is 9.44. The number of amides is 2. The Morgan fingerprint density at radius 2 is 1.78 bits per heavy atom. The molecule has 3 aromatic rings. The number of imidazole rings is 1. The van der Waals surface area contributed by atoms with Crippen molar-refractivity contribution in [1.29, 1.82) is 5.26 Å². The number of nitrogens with zero attached hydrogens (tertiary/aromatic N) is 6. The minimum absolute atomic E-state index is 0.0473. The van der Waals surface area contributed by atoms with Crippen molar-refractivity contribution in [2.75, 3.05) is 0 Å². The van der Waals surface area contributed by atoms with Gasteiger partial charge in [-0.05, 0) is 69.1 Å². The van der Waals surface area contributed by atoms with E-state index in [1.807, 2.05) is 13.8 Å². The quantitative estimate of drug-likeness (QED) is 0.277. The SMILES string of the molecule is CC(C)n1nccc1C(=O)N[C@H](c1cn2ncc([C@@H](NC(=O)CC3CC(F)(F)C3)C3(C#N)CC3)cc2n1)C1CCC(F)(F)CC1. The summed E-state index contributed by atoms with van der Waals surface area (Å²) >= 11 is 0. The number of rotatable bonds is 10. The summed E-state index contributed by atoms with van der Waals surface area (Å²) in [5.41, 5.74) is 0.895. The first kappa shape index (κ1) is 31.0. The Morgan fingerprint density at radius 1 is 1.07 bits per heavy atom. The van der Waals surface area contributed by atoms with Crippen molar-refractivity contribution in [3.05, 3.63) is 47.7 Å².